The van der Waals surface area contributed by atoms with Crippen LogP contribution >= 0.6 is 0 Å². The van der Waals surface area contributed by atoms with Gasteiger partial charge >= 0.3 is 11.9 Å². The number of para-hydroxylation sites is 2. The second kappa shape index (κ2) is 17.8. The first-order valence-electron chi connectivity index (χ1n) is 14.2. The monoisotopic (exact) mass is 654 g/mol. The van der Waals surface area contributed by atoms with Crippen LogP contribution in [-0.2, 0) is 9.59 Å². The van der Waals surface area contributed by atoms with Gasteiger partial charge in [0.2, 0.25) is 11.8 Å². The fourth-order valence-electron chi connectivity index (χ4n) is 4.16. The molecule has 0 fully saturated rings. The third kappa shape index (κ3) is 10.2. The molecule has 0 unspecified atom stereocenters. The van der Waals surface area contributed by atoms with Gasteiger partial charge in [-0.05, 0) is 71.8 Å². The number of benzene rings is 4. The molecule has 4 aromatic carbocycles. The molecule has 4 rings (SSSR count). The number of carbonyl (C=O) groups excluding carboxylic acids is 2. The van der Waals surface area contributed by atoms with Gasteiger partial charge in [-0.15, -0.1) is 0 Å². The fourth-order valence-corrected chi connectivity index (χ4v) is 4.16. The standard InChI is InChI=1S/2C18H17NO5/c2*1-23-15-9-7-12(11-16(15)24-2)8-10-17(20)19-14-6-4-3-5-13(14)18(21)22/h2*3-11H,1-2H3,(H,19,20)(H,21,22). The maximum absolute atomic E-state index is 12.0. The van der Waals surface area contributed by atoms with E-state index < -0.39 is 23.8 Å². The number of carboxylic acids is 2. The molecule has 12 nitrogen and oxygen atoms in total. The van der Waals surface area contributed by atoms with Gasteiger partial charge in [-0.2, -0.15) is 0 Å². The van der Waals surface area contributed by atoms with Crippen LogP contribution in [0.5, 0.6) is 23.0 Å². The van der Waals surface area contributed by atoms with E-state index in [1.165, 1.54) is 50.6 Å². The van der Waals surface area contributed by atoms with Crippen molar-refractivity contribution >= 4 is 47.3 Å². The van der Waals surface area contributed by atoms with Crippen LogP contribution in [0.25, 0.3) is 12.2 Å². The number of anilines is 2. The zero-order chi connectivity index (χ0) is 35.1. The first-order valence-corrected chi connectivity index (χ1v) is 14.2. The minimum atomic E-state index is -1.10. The summed E-state index contributed by atoms with van der Waals surface area (Å²) in [6.07, 6.45) is 5.83. The van der Waals surface area contributed by atoms with Crippen molar-refractivity contribution in [2.45, 2.75) is 0 Å². The zero-order valence-electron chi connectivity index (χ0n) is 26.6. The summed E-state index contributed by atoms with van der Waals surface area (Å²) in [7, 11) is 6.14. The fraction of sp³-hybridized carbons (Fsp3) is 0.111. The number of nitrogens with one attached hydrogen (secondary N) is 2. The molecule has 0 heterocycles. The molecule has 0 aliphatic rings. The summed E-state index contributed by atoms with van der Waals surface area (Å²) < 4.78 is 20.7. The number of hydrogen-bond donors (Lipinski definition) is 4. The van der Waals surface area contributed by atoms with Gasteiger partial charge in [-0.1, -0.05) is 36.4 Å². The number of methoxy groups -OCH3 is 4. The Kier molecular flexibility index (Phi) is 13.3. The van der Waals surface area contributed by atoms with Crippen molar-refractivity contribution in [1.82, 2.24) is 0 Å². The van der Waals surface area contributed by atoms with Crippen molar-refractivity contribution in [3.63, 3.8) is 0 Å². The molecule has 2 amide bonds. The largest absolute Gasteiger partial charge is 0.493 e. The Balaban J connectivity index is 0.000000260. The lowest BCUT2D eigenvalue weighted by Gasteiger charge is -2.08. The van der Waals surface area contributed by atoms with Gasteiger partial charge in [0, 0.05) is 12.2 Å². The lowest BCUT2D eigenvalue weighted by Crippen LogP contribution is -2.11. The quantitative estimate of drug-likeness (QED) is 0.131. The predicted octanol–water partition coefficient (Wildman–Crippen LogP) is 6.11. The molecule has 48 heavy (non-hydrogen) atoms. The Morgan fingerprint density at radius 2 is 0.875 bits per heavy atom. The molecule has 0 atom stereocenters. The molecule has 248 valence electrons. The number of carboxylic acid groups (broad SMARTS) is 2. The van der Waals surface area contributed by atoms with Crippen LogP contribution in [0.1, 0.15) is 31.8 Å². The minimum Gasteiger partial charge on any atom is -0.493 e. The van der Waals surface area contributed by atoms with Crippen LogP contribution in [0.15, 0.2) is 97.1 Å². The molecular formula is C36H34N2O10. The molecule has 0 bridgehead atoms. The highest BCUT2D eigenvalue weighted by atomic mass is 16.5. The number of rotatable bonds is 12. The average molecular weight is 655 g/mol. The lowest BCUT2D eigenvalue weighted by atomic mass is 10.1. The Hall–Kier alpha value is -6.56. The SMILES string of the molecule is COc1ccc(C=CC(=O)Nc2ccccc2C(=O)O)cc1OC.COc1ccc(C=CC(=O)Nc2ccccc2C(=O)O)cc1OC. The van der Waals surface area contributed by atoms with E-state index in [1.54, 1.807) is 87.0 Å². The van der Waals surface area contributed by atoms with Crippen LogP contribution in [0.2, 0.25) is 0 Å². The normalized spacial score (nSPS) is 10.4. The Labute approximate surface area is 276 Å². The van der Waals surface area contributed by atoms with Crippen LogP contribution in [0.4, 0.5) is 11.4 Å². The molecule has 12 heteroatoms. The van der Waals surface area contributed by atoms with Gasteiger partial charge in [-0.3, -0.25) is 9.59 Å². The van der Waals surface area contributed by atoms with Crippen LogP contribution < -0.4 is 29.6 Å². The Morgan fingerprint density at radius 3 is 1.21 bits per heavy atom. The van der Waals surface area contributed by atoms with E-state index >= 15 is 0 Å². The van der Waals surface area contributed by atoms with Crippen LogP contribution in [-0.4, -0.2) is 62.4 Å². The van der Waals surface area contributed by atoms with Gasteiger partial charge in [0.15, 0.2) is 23.0 Å². The lowest BCUT2D eigenvalue weighted by molar-refractivity contribution is -0.112. The minimum absolute atomic E-state index is 0.0327. The van der Waals surface area contributed by atoms with E-state index in [0.29, 0.717) is 23.0 Å². The van der Waals surface area contributed by atoms with Crippen LogP contribution in [0.3, 0.4) is 0 Å². The third-order valence-electron chi connectivity index (χ3n) is 6.50. The number of aromatic carboxylic acids is 2. The highest BCUT2D eigenvalue weighted by Crippen LogP contribution is 2.29. The summed E-state index contributed by atoms with van der Waals surface area (Å²) in [4.78, 5) is 46.2. The molecule has 0 spiro atoms. The third-order valence-corrected chi connectivity index (χ3v) is 6.50. The summed E-state index contributed by atoms with van der Waals surface area (Å²) in [6.45, 7) is 0. The van der Waals surface area contributed by atoms with E-state index in [1.807, 2.05) is 0 Å². The molecule has 4 aromatic rings. The first-order chi connectivity index (χ1) is 23.1. The van der Waals surface area contributed by atoms with Crippen molar-refractivity contribution in [3.8, 4) is 23.0 Å². The molecule has 0 aliphatic heterocycles. The van der Waals surface area contributed by atoms with Crippen molar-refractivity contribution in [1.29, 1.82) is 0 Å². The highest BCUT2D eigenvalue weighted by Gasteiger charge is 2.12. The van der Waals surface area contributed by atoms with Gasteiger partial charge in [-0.25, -0.2) is 9.59 Å². The summed E-state index contributed by atoms with van der Waals surface area (Å²) in [6, 6.07) is 22.9. The number of carbonyl (C=O) groups is 4. The van der Waals surface area contributed by atoms with Crippen molar-refractivity contribution in [3.05, 3.63) is 119 Å². The summed E-state index contributed by atoms with van der Waals surface area (Å²) in [5, 5.41) is 23.3. The van der Waals surface area contributed by atoms with E-state index in [9.17, 15) is 19.2 Å². The van der Waals surface area contributed by atoms with E-state index in [0.717, 1.165) is 11.1 Å². The van der Waals surface area contributed by atoms with Gasteiger partial charge < -0.3 is 39.8 Å². The maximum atomic E-state index is 12.0. The number of ether oxygens (including phenoxy) is 4. The summed E-state index contributed by atoms with van der Waals surface area (Å²) in [5.41, 5.74) is 2.04. The summed E-state index contributed by atoms with van der Waals surface area (Å²) >= 11 is 0. The van der Waals surface area contributed by atoms with Gasteiger partial charge in [0.25, 0.3) is 0 Å². The second-order valence-electron chi connectivity index (χ2n) is 9.58. The predicted molar refractivity (Wildman–Crippen MR) is 181 cm³/mol. The Bertz CT molecular complexity index is 1700. The molecule has 0 saturated heterocycles. The van der Waals surface area contributed by atoms with E-state index in [2.05, 4.69) is 10.6 Å². The van der Waals surface area contributed by atoms with Crippen molar-refractivity contribution in [2.24, 2.45) is 0 Å². The number of amides is 2. The molecule has 0 aromatic heterocycles. The highest BCUT2D eigenvalue weighted by molar-refractivity contribution is 6.07. The van der Waals surface area contributed by atoms with Crippen molar-refractivity contribution < 1.29 is 48.3 Å². The molecule has 4 N–H and O–H groups in total. The van der Waals surface area contributed by atoms with Gasteiger partial charge in [0.1, 0.15) is 0 Å². The molecule has 0 radical (unpaired) electrons. The maximum Gasteiger partial charge on any atom is 0.337 e. The molecular weight excluding hydrogens is 620 g/mol. The molecule has 0 saturated carbocycles. The summed E-state index contributed by atoms with van der Waals surface area (Å²) in [5.74, 6) is -0.780. The average Bonchev–Trinajstić information content (AvgIpc) is 3.10. The van der Waals surface area contributed by atoms with Crippen molar-refractivity contribution in [2.75, 3.05) is 39.1 Å². The smallest absolute Gasteiger partial charge is 0.337 e. The zero-order valence-corrected chi connectivity index (χ0v) is 26.6. The van der Waals surface area contributed by atoms with Crippen LogP contribution in [0, 0.1) is 0 Å². The first kappa shape index (κ1) is 35.9. The topological polar surface area (TPSA) is 170 Å². The molecule has 0 aliphatic carbocycles. The second-order valence-corrected chi connectivity index (χ2v) is 9.58. The number of hydrogen-bond acceptors (Lipinski definition) is 8. The van der Waals surface area contributed by atoms with Gasteiger partial charge in [0.05, 0.1) is 50.9 Å². The van der Waals surface area contributed by atoms with E-state index in [-0.39, 0.29) is 22.5 Å². The van der Waals surface area contributed by atoms with E-state index in [4.69, 9.17) is 29.2 Å². The Morgan fingerprint density at radius 1 is 0.521 bits per heavy atom.